The highest BCUT2D eigenvalue weighted by molar-refractivity contribution is 7.91. The minimum Gasteiger partial charge on any atom is -0.206 e. The van der Waals surface area contributed by atoms with Crippen molar-refractivity contribution < 1.29 is 8.42 Å². The van der Waals surface area contributed by atoms with E-state index in [2.05, 4.69) is 0 Å². The van der Waals surface area contributed by atoms with E-state index in [4.69, 9.17) is 5.26 Å². The third kappa shape index (κ3) is 2.68. The van der Waals surface area contributed by atoms with Gasteiger partial charge in [0.15, 0.2) is 0 Å². The maximum atomic E-state index is 12.4. The summed E-state index contributed by atoms with van der Waals surface area (Å²) < 4.78 is 26.6. The van der Waals surface area contributed by atoms with Gasteiger partial charge >= 0.3 is 0 Å². The summed E-state index contributed by atoms with van der Waals surface area (Å²) in [4.78, 5) is 0.986. The molecule has 0 saturated heterocycles. The van der Waals surface area contributed by atoms with Crippen LogP contribution in [0.5, 0.6) is 0 Å². The smallest absolute Gasteiger partial charge is 0.206 e. The normalized spacial score (nSPS) is 16.1. The van der Waals surface area contributed by atoms with Crippen LogP contribution in [0.1, 0.15) is 24.1 Å². The van der Waals surface area contributed by atoms with E-state index in [1.807, 2.05) is 19.1 Å². The number of rotatable bonds is 5. The Hall–Kier alpha value is -0.900. The van der Waals surface area contributed by atoms with Crippen molar-refractivity contribution in [1.29, 1.82) is 5.26 Å². The third-order valence-electron chi connectivity index (χ3n) is 2.68. The van der Waals surface area contributed by atoms with Gasteiger partial charge in [0, 0.05) is 23.9 Å². The summed E-state index contributed by atoms with van der Waals surface area (Å²) in [6, 6.07) is 5.58. The van der Waals surface area contributed by atoms with Gasteiger partial charge in [0.05, 0.1) is 6.07 Å². The van der Waals surface area contributed by atoms with E-state index in [1.165, 1.54) is 15.6 Å². The fraction of sp³-hybridized carbons (Fsp3) is 0.545. The van der Waals surface area contributed by atoms with Gasteiger partial charge in [0.25, 0.3) is 10.0 Å². The Balaban J connectivity index is 2.25. The summed E-state index contributed by atoms with van der Waals surface area (Å²) in [5.74, 6) is 0. The zero-order valence-electron chi connectivity index (χ0n) is 9.59. The molecule has 0 bridgehead atoms. The molecule has 17 heavy (non-hydrogen) atoms. The van der Waals surface area contributed by atoms with Gasteiger partial charge in [0.2, 0.25) is 0 Å². The van der Waals surface area contributed by atoms with Crippen LogP contribution in [-0.4, -0.2) is 25.3 Å². The molecule has 0 atom stereocenters. The maximum absolute atomic E-state index is 12.4. The van der Waals surface area contributed by atoms with Crippen molar-refractivity contribution >= 4 is 21.4 Å². The molecule has 0 unspecified atom stereocenters. The Morgan fingerprint density at radius 2 is 2.24 bits per heavy atom. The number of nitrogens with zero attached hydrogens (tertiary/aromatic N) is 2. The fourth-order valence-electron chi connectivity index (χ4n) is 1.69. The van der Waals surface area contributed by atoms with Crippen LogP contribution in [0.2, 0.25) is 0 Å². The van der Waals surface area contributed by atoms with Crippen molar-refractivity contribution in [2.75, 3.05) is 6.54 Å². The lowest BCUT2D eigenvalue weighted by Gasteiger charge is -2.19. The summed E-state index contributed by atoms with van der Waals surface area (Å²) in [6.07, 6.45) is 2.07. The van der Waals surface area contributed by atoms with E-state index >= 15 is 0 Å². The van der Waals surface area contributed by atoms with Gasteiger partial charge in [-0.25, -0.2) is 8.42 Å². The number of nitriles is 1. The van der Waals surface area contributed by atoms with E-state index in [0.717, 1.165) is 17.7 Å². The molecule has 0 aliphatic heterocycles. The zero-order chi connectivity index (χ0) is 12.5. The quantitative estimate of drug-likeness (QED) is 0.823. The van der Waals surface area contributed by atoms with E-state index in [-0.39, 0.29) is 12.5 Å². The molecule has 6 heteroatoms. The lowest BCUT2D eigenvalue weighted by molar-refractivity contribution is 0.412. The van der Waals surface area contributed by atoms with Crippen LogP contribution < -0.4 is 0 Å². The molecule has 1 aromatic rings. The van der Waals surface area contributed by atoms with Gasteiger partial charge < -0.3 is 0 Å². The van der Waals surface area contributed by atoms with Crippen molar-refractivity contribution in [3.63, 3.8) is 0 Å². The highest BCUT2D eigenvalue weighted by Gasteiger charge is 2.38. The predicted octanol–water partition coefficient (Wildman–Crippen LogP) is 2.12. The molecular weight excluding hydrogens is 256 g/mol. The molecule has 1 aromatic heterocycles. The van der Waals surface area contributed by atoms with Crippen molar-refractivity contribution in [2.45, 2.75) is 36.4 Å². The van der Waals surface area contributed by atoms with Crippen LogP contribution in [0.25, 0.3) is 0 Å². The first-order valence-electron chi connectivity index (χ1n) is 5.51. The Labute approximate surface area is 106 Å². The summed E-state index contributed by atoms with van der Waals surface area (Å²) in [7, 11) is -3.39. The van der Waals surface area contributed by atoms with E-state index in [0.29, 0.717) is 10.8 Å². The van der Waals surface area contributed by atoms with E-state index < -0.39 is 10.0 Å². The molecule has 0 N–H and O–H groups in total. The van der Waals surface area contributed by atoms with Gasteiger partial charge in [-0.1, -0.05) is 0 Å². The van der Waals surface area contributed by atoms with Gasteiger partial charge in [-0.15, -0.1) is 11.3 Å². The molecule has 1 aliphatic carbocycles. The van der Waals surface area contributed by atoms with Crippen molar-refractivity contribution in [3.05, 3.63) is 17.0 Å². The largest absolute Gasteiger partial charge is 0.252 e. The number of hydrogen-bond acceptors (Lipinski definition) is 4. The standard InChI is InChI=1S/C11H14N2O2S2/c1-9-3-6-11(16-9)17(14,15)13(8-2-7-12)10-4-5-10/h3,6,10H,2,4-5,8H2,1H3. The molecule has 1 aliphatic rings. The third-order valence-corrected chi connectivity index (χ3v) is 6.10. The molecule has 0 aromatic carbocycles. The molecule has 2 rings (SSSR count). The van der Waals surface area contributed by atoms with Crippen molar-refractivity contribution in [3.8, 4) is 6.07 Å². The van der Waals surface area contributed by atoms with Crippen molar-refractivity contribution in [1.82, 2.24) is 4.31 Å². The lowest BCUT2D eigenvalue weighted by Crippen LogP contribution is -2.33. The van der Waals surface area contributed by atoms with Crippen LogP contribution in [-0.2, 0) is 10.0 Å². The first-order valence-corrected chi connectivity index (χ1v) is 7.76. The van der Waals surface area contributed by atoms with Crippen molar-refractivity contribution in [2.24, 2.45) is 0 Å². The predicted molar refractivity (Wildman–Crippen MR) is 66.2 cm³/mol. The van der Waals surface area contributed by atoms with Crippen LogP contribution in [0.3, 0.4) is 0 Å². The molecule has 4 nitrogen and oxygen atoms in total. The second kappa shape index (κ2) is 4.77. The van der Waals surface area contributed by atoms with E-state index in [1.54, 1.807) is 6.07 Å². The highest BCUT2D eigenvalue weighted by Crippen LogP contribution is 2.34. The minimum atomic E-state index is -3.39. The number of sulfonamides is 1. The topological polar surface area (TPSA) is 61.2 Å². The summed E-state index contributed by atoms with van der Waals surface area (Å²) >= 11 is 1.29. The second-order valence-corrected chi connectivity index (χ2v) is 7.53. The molecule has 0 amide bonds. The Morgan fingerprint density at radius 3 is 2.71 bits per heavy atom. The minimum absolute atomic E-state index is 0.107. The number of thiophene rings is 1. The maximum Gasteiger partial charge on any atom is 0.252 e. The Kier molecular flexibility index (Phi) is 3.52. The van der Waals surface area contributed by atoms with Gasteiger partial charge in [-0.2, -0.15) is 9.57 Å². The highest BCUT2D eigenvalue weighted by atomic mass is 32.2. The van der Waals surface area contributed by atoms with Gasteiger partial charge in [0.1, 0.15) is 4.21 Å². The average Bonchev–Trinajstić information content (AvgIpc) is 3.00. The molecule has 92 valence electrons. The fourth-order valence-corrected chi connectivity index (χ4v) is 4.79. The van der Waals surface area contributed by atoms with Gasteiger partial charge in [-0.05, 0) is 31.9 Å². The summed E-state index contributed by atoms with van der Waals surface area (Å²) in [6.45, 7) is 2.20. The van der Waals surface area contributed by atoms with E-state index in [9.17, 15) is 8.42 Å². The molecule has 1 saturated carbocycles. The molecular formula is C11H14N2O2S2. The Bertz CT molecular complexity index is 538. The van der Waals surface area contributed by atoms with Gasteiger partial charge in [-0.3, -0.25) is 0 Å². The molecule has 0 spiro atoms. The number of hydrogen-bond donors (Lipinski definition) is 0. The monoisotopic (exact) mass is 270 g/mol. The van der Waals surface area contributed by atoms with Crippen LogP contribution >= 0.6 is 11.3 Å². The summed E-state index contributed by atoms with van der Waals surface area (Å²) in [5.41, 5.74) is 0. The molecule has 1 fully saturated rings. The average molecular weight is 270 g/mol. The SMILES string of the molecule is Cc1ccc(S(=O)(=O)N(CCC#N)C2CC2)s1. The first-order chi connectivity index (χ1) is 8.05. The van der Waals surface area contributed by atoms with Crippen LogP contribution in [0.4, 0.5) is 0 Å². The second-order valence-electron chi connectivity index (χ2n) is 4.12. The molecule has 0 radical (unpaired) electrons. The lowest BCUT2D eigenvalue weighted by atomic mass is 10.4. The number of aryl methyl sites for hydroxylation is 1. The zero-order valence-corrected chi connectivity index (χ0v) is 11.2. The Morgan fingerprint density at radius 1 is 1.53 bits per heavy atom. The van der Waals surface area contributed by atoms with Crippen LogP contribution in [0.15, 0.2) is 16.3 Å². The van der Waals surface area contributed by atoms with Crippen LogP contribution in [0, 0.1) is 18.3 Å². The molecule has 1 heterocycles. The summed E-state index contributed by atoms with van der Waals surface area (Å²) in [5, 5.41) is 8.59. The first kappa shape index (κ1) is 12.6.